The maximum absolute atomic E-state index is 12.6. The van der Waals surface area contributed by atoms with Crippen LogP contribution in [-0.4, -0.2) is 10.9 Å². The monoisotopic (exact) mass is 246 g/mol. The van der Waals surface area contributed by atoms with E-state index in [0.717, 1.165) is 17.4 Å². The Bertz CT molecular complexity index is 561. The molecular formula is C9H5F3N2OS. The topological polar surface area (TPSA) is 56.0 Å². The maximum atomic E-state index is 12.6. The number of nitrogens with zero attached hydrogens (tertiary/aromatic N) is 1. The molecule has 0 fully saturated rings. The fraction of sp³-hybridized carbons (Fsp3) is 0.111. The molecule has 0 atom stereocenters. The van der Waals surface area contributed by atoms with E-state index >= 15 is 0 Å². The second-order valence-electron chi connectivity index (χ2n) is 3.03. The second-order valence-corrected chi connectivity index (χ2v) is 4.06. The van der Waals surface area contributed by atoms with Crippen molar-refractivity contribution >= 4 is 27.5 Å². The zero-order valence-electron chi connectivity index (χ0n) is 7.71. The first-order valence-corrected chi connectivity index (χ1v) is 4.98. The van der Waals surface area contributed by atoms with Gasteiger partial charge in [-0.15, -0.1) is 11.3 Å². The molecule has 0 spiro atoms. The molecule has 0 saturated heterocycles. The van der Waals surface area contributed by atoms with Gasteiger partial charge in [-0.3, -0.25) is 4.79 Å². The number of alkyl halides is 3. The predicted octanol–water partition coefficient (Wildman–Crippen LogP) is 2.41. The van der Waals surface area contributed by atoms with E-state index in [1.807, 2.05) is 0 Å². The average molecular weight is 246 g/mol. The minimum absolute atomic E-state index is 0.119. The van der Waals surface area contributed by atoms with E-state index in [-0.39, 0.29) is 10.5 Å². The maximum Gasteiger partial charge on any atom is 0.418 e. The van der Waals surface area contributed by atoms with Crippen molar-refractivity contribution in [2.75, 3.05) is 0 Å². The van der Waals surface area contributed by atoms with E-state index in [2.05, 4.69) is 4.98 Å². The smallest absolute Gasteiger partial charge is 0.364 e. The number of para-hydroxylation sites is 1. The van der Waals surface area contributed by atoms with Gasteiger partial charge in [0, 0.05) is 0 Å². The molecule has 0 aliphatic rings. The van der Waals surface area contributed by atoms with Gasteiger partial charge < -0.3 is 5.73 Å². The van der Waals surface area contributed by atoms with E-state index in [1.165, 1.54) is 12.1 Å². The Morgan fingerprint density at radius 3 is 2.62 bits per heavy atom. The molecule has 7 heteroatoms. The van der Waals surface area contributed by atoms with Crippen LogP contribution in [0.1, 0.15) is 15.4 Å². The highest BCUT2D eigenvalue weighted by molar-refractivity contribution is 7.20. The fourth-order valence-electron chi connectivity index (χ4n) is 1.28. The molecule has 2 N–H and O–H groups in total. The third kappa shape index (κ3) is 1.73. The summed E-state index contributed by atoms with van der Waals surface area (Å²) in [6.45, 7) is 0. The minimum Gasteiger partial charge on any atom is -0.364 e. The summed E-state index contributed by atoms with van der Waals surface area (Å²) in [6.07, 6.45) is -4.48. The zero-order chi connectivity index (χ0) is 11.9. The molecule has 1 aromatic heterocycles. The van der Waals surface area contributed by atoms with Crippen LogP contribution in [-0.2, 0) is 6.18 Å². The number of hydrogen-bond acceptors (Lipinski definition) is 3. The summed E-state index contributed by atoms with van der Waals surface area (Å²) in [7, 11) is 0. The Morgan fingerprint density at radius 2 is 2.06 bits per heavy atom. The van der Waals surface area contributed by atoms with Gasteiger partial charge in [0.05, 0.1) is 15.8 Å². The van der Waals surface area contributed by atoms with E-state index in [0.29, 0.717) is 4.70 Å². The molecule has 0 saturated carbocycles. The molecule has 1 heterocycles. The molecular weight excluding hydrogens is 241 g/mol. The Labute approximate surface area is 91.7 Å². The van der Waals surface area contributed by atoms with Crippen LogP contribution in [0.15, 0.2) is 18.2 Å². The first kappa shape index (κ1) is 10.9. The van der Waals surface area contributed by atoms with Gasteiger partial charge in [-0.1, -0.05) is 6.07 Å². The van der Waals surface area contributed by atoms with Crippen molar-refractivity contribution in [3.8, 4) is 0 Å². The first-order chi connectivity index (χ1) is 7.39. The molecule has 2 aromatic rings. The summed E-state index contributed by atoms with van der Waals surface area (Å²) >= 11 is 0.850. The van der Waals surface area contributed by atoms with Crippen LogP contribution < -0.4 is 5.73 Å². The van der Waals surface area contributed by atoms with Crippen LogP contribution in [0, 0.1) is 0 Å². The molecule has 0 bridgehead atoms. The first-order valence-electron chi connectivity index (χ1n) is 4.16. The summed E-state index contributed by atoms with van der Waals surface area (Å²) in [4.78, 5) is 14.4. The molecule has 2 rings (SSSR count). The van der Waals surface area contributed by atoms with Gasteiger partial charge in [0.15, 0.2) is 5.01 Å². The van der Waals surface area contributed by atoms with Crippen LogP contribution in [0.3, 0.4) is 0 Å². The van der Waals surface area contributed by atoms with Crippen LogP contribution >= 0.6 is 11.3 Å². The van der Waals surface area contributed by atoms with Gasteiger partial charge in [0.1, 0.15) is 0 Å². The lowest BCUT2D eigenvalue weighted by molar-refractivity contribution is -0.136. The number of hydrogen-bond donors (Lipinski definition) is 1. The molecule has 0 aliphatic heterocycles. The molecule has 0 aliphatic carbocycles. The van der Waals surface area contributed by atoms with Crippen molar-refractivity contribution in [2.45, 2.75) is 6.18 Å². The van der Waals surface area contributed by atoms with Crippen molar-refractivity contribution < 1.29 is 18.0 Å². The quantitative estimate of drug-likeness (QED) is 0.840. The molecule has 1 amide bonds. The molecule has 1 aromatic carbocycles. The highest BCUT2D eigenvalue weighted by Gasteiger charge is 2.33. The minimum atomic E-state index is -4.48. The highest BCUT2D eigenvalue weighted by Crippen LogP contribution is 2.36. The zero-order valence-corrected chi connectivity index (χ0v) is 8.52. The lowest BCUT2D eigenvalue weighted by atomic mass is 10.2. The number of thiazole rings is 1. The second kappa shape index (κ2) is 3.44. The van der Waals surface area contributed by atoms with Gasteiger partial charge >= 0.3 is 6.18 Å². The van der Waals surface area contributed by atoms with Crippen LogP contribution in [0.25, 0.3) is 10.2 Å². The van der Waals surface area contributed by atoms with E-state index in [4.69, 9.17) is 5.73 Å². The number of nitrogens with two attached hydrogens (primary N) is 1. The van der Waals surface area contributed by atoms with E-state index in [9.17, 15) is 18.0 Å². The number of rotatable bonds is 1. The van der Waals surface area contributed by atoms with E-state index in [1.54, 1.807) is 0 Å². The van der Waals surface area contributed by atoms with Crippen molar-refractivity contribution in [2.24, 2.45) is 5.73 Å². The Morgan fingerprint density at radius 1 is 1.38 bits per heavy atom. The van der Waals surface area contributed by atoms with Crippen LogP contribution in [0.5, 0.6) is 0 Å². The SMILES string of the molecule is NC(=O)c1nc2c(C(F)(F)F)cccc2s1. The number of fused-ring (bicyclic) bond motifs is 1. The van der Waals surface area contributed by atoms with Crippen molar-refractivity contribution in [1.29, 1.82) is 0 Å². The third-order valence-electron chi connectivity index (χ3n) is 1.94. The molecule has 84 valence electrons. The van der Waals surface area contributed by atoms with Crippen molar-refractivity contribution in [3.63, 3.8) is 0 Å². The Kier molecular flexibility index (Phi) is 2.34. The summed E-state index contributed by atoms with van der Waals surface area (Å²) in [5.74, 6) is -0.825. The number of amides is 1. The normalized spacial score (nSPS) is 11.9. The van der Waals surface area contributed by atoms with Gasteiger partial charge in [0.2, 0.25) is 0 Å². The molecule has 0 radical (unpaired) electrons. The third-order valence-corrected chi connectivity index (χ3v) is 2.97. The van der Waals surface area contributed by atoms with Gasteiger partial charge in [-0.05, 0) is 12.1 Å². The van der Waals surface area contributed by atoms with Crippen molar-refractivity contribution in [3.05, 3.63) is 28.8 Å². The Balaban J connectivity index is 2.73. The standard InChI is InChI=1S/C9H5F3N2OS/c10-9(11,12)4-2-1-3-5-6(4)14-8(16-5)7(13)15/h1-3H,(H2,13,15). The van der Waals surface area contributed by atoms with E-state index < -0.39 is 17.6 Å². The number of halogens is 3. The van der Waals surface area contributed by atoms with Crippen LogP contribution in [0.4, 0.5) is 13.2 Å². The van der Waals surface area contributed by atoms with Gasteiger partial charge in [-0.25, -0.2) is 4.98 Å². The van der Waals surface area contributed by atoms with Gasteiger partial charge in [-0.2, -0.15) is 13.2 Å². The highest BCUT2D eigenvalue weighted by atomic mass is 32.1. The number of primary amides is 1. The summed E-state index contributed by atoms with van der Waals surface area (Å²) in [5.41, 5.74) is 3.88. The summed E-state index contributed by atoms with van der Waals surface area (Å²) in [6, 6.07) is 3.66. The average Bonchev–Trinajstić information content (AvgIpc) is 2.58. The summed E-state index contributed by atoms with van der Waals surface area (Å²) in [5, 5.41) is -0.119. The molecule has 0 unspecified atom stereocenters. The largest absolute Gasteiger partial charge is 0.418 e. The molecule has 3 nitrogen and oxygen atoms in total. The number of benzene rings is 1. The summed E-state index contributed by atoms with van der Waals surface area (Å²) < 4.78 is 38.0. The lowest BCUT2D eigenvalue weighted by Gasteiger charge is -2.05. The number of carbonyl (C=O) groups excluding carboxylic acids is 1. The van der Waals surface area contributed by atoms with Gasteiger partial charge in [0.25, 0.3) is 5.91 Å². The fourth-order valence-corrected chi connectivity index (χ4v) is 2.13. The number of carbonyl (C=O) groups is 1. The predicted molar refractivity (Wildman–Crippen MR) is 53.1 cm³/mol. The Hall–Kier alpha value is -1.63. The van der Waals surface area contributed by atoms with Crippen LogP contribution in [0.2, 0.25) is 0 Å². The number of aromatic nitrogens is 1. The van der Waals surface area contributed by atoms with Crippen molar-refractivity contribution in [1.82, 2.24) is 4.98 Å². The molecule has 16 heavy (non-hydrogen) atoms. The lowest BCUT2D eigenvalue weighted by Crippen LogP contribution is -2.10.